The summed E-state index contributed by atoms with van der Waals surface area (Å²) in [4.78, 5) is 41.8. The smallest absolute Gasteiger partial charge is 0.408 e. The largest absolute Gasteiger partial charge is 0.508 e. The Morgan fingerprint density at radius 2 is 1.83 bits per heavy atom. The molecular formula is C27H43N3O5S. The van der Waals surface area contributed by atoms with Crippen molar-refractivity contribution < 1.29 is 24.2 Å². The number of carbonyl (C=O) groups excluding carboxylic acids is 3. The highest BCUT2D eigenvalue weighted by Gasteiger charge is 2.48. The minimum absolute atomic E-state index is 0.0861. The normalized spacial score (nSPS) is 18.6. The van der Waals surface area contributed by atoms with E-state index in [4.69, 9.17) is 4.74 Å². The first kappa shape index (κ1) is 29.8. The number of thioether (sulfide) groups is 1. The molecule has 4 unspecified atom stereocenters. The lowest BCUT2D eigenvalue weighted by atomic mass is 10.0. The molecule has 1 fully saturated rings. The number of rotatable bonds is 13. The number of ether oxygens (including phenoxy) is 1. The molecule has 2 rings (SSSR count). The second-order valence-electron chi connectivity index (χ2n) is 10.5. The number of benzene rings is 1. The van der Waals surface area contributed by atoms with Crippen LogP contribution >= 0.6 is 11.8 Å². The first-order valence-electron chi connectivity index (χ1n) is 12.9. The van der Waals surface area contributed by atoms with Crippen molar-refractivity contribution in [2.45, 2.75) is 90.4 Å². The van der Waals surface area contributed by atoms with Crippen molar-refractivity contribution in [1.82, 2.24) is 15.5 Å². The number of phenolic OH excluding ortho intramolecular Hbond substituents is 1. The van der Waals surface area contributed by atoms with Gasteiger partial charge in [0.15, 0.2) is 0 Å². The number of hydrogen-bond acceptors (Lipinski definition) is 6. The standard InChI is InChI=1S/C27H43N3O5S/c1-7-8-9-15-28-24(32)23(19-10-12-20(31)13-11-19)30(22-17-18(22)2)25(33)21(14-16-36-6)29-26(34)35-27(3,4)5/h10-13,18,21-23,31H,7-9,14-17H2,1-6H3,(H,28,32)(H,29,34). The molecule has 0 saturated heterocycles. The number of amides is 3. The van der Waals surface area contributed by atoms with Gasteiger partial charge < -0.3 is 25.4 Å². The third kappa shape index (κ3) is 9.22. The zero-order valence-electron chi connectivity index (χ0n) is 22.5. The number of phenols is 1. The highest BCUT2D eigenvalue weighted by atomic mass is 32.2. The summed E-state index contributed by atoms with van der Waals surface area (Å²) in [5.41, 5.74) is -0.0800. The van der Waals surface area contributed by atoms with E-state index in [1.165, 1.54) is 12.1 Å². The molecule has 0 spiro atoms. The van der Waals surface area contributed by atoms with Gasteiger partial charge in [0.25, 0.3) is 0 Å². The van der Waals surface area contributed by atoms with Gasteiger partial charge in [-0.2, -0.15) is 11.8 Å². The van der Waals surface area contributed by atoms with E-state index >= 15 is 0 Å². The number of carbonyl (C=O) groups is 3. The lowest BCUT2D eigenvalue weighted by molar-refractivity contribution is -0.143. The Kier molecular flexibility index (Phi) is 11.4. The lowest BCUT2D eigenvalue weighted by Crippen LogP contribution is -2.54. The Balaban J connectivity index is 2.39. The monoisotopic (exact) mass is 521 g/mol. The summed E-state index contributed by atoms with van der Waals surface area (Å²) in [7, 11) is 0. The highest BCUT2D eigenvalue weighted by Crippen LogP contribution is 2.41. The molecule has 0 heterocycles. The molecule has 1 aromatic rings. The first-order valence-corrected chi connectivity index (χ1v) is 14.2. The highest BCUT2D eigenvalue weighted by molar-refractivity contribution is 7.98. The van der Waals surface area contributed by atoms with Crippen molar-refractivity contribution in [3.63, 3.8) is 0 Å². The molecular weight excluding hydrogens is 478 g/mol. The number of unbranched alkanes of at least 4 members (excludes halogenated alkanes) is 2. The molecule has 202 valence electrons. The van der Waals surface area contributed by atoms with Gasteiger partial charge in [-0.15, -0.1) is 0 Å². The summed E-state index contributed by atoms with van der Waals surface area (Å²) in [6, 6.07) is 4.59. The van der Waals surface area contributed by atoms with Gasteiger partial charge in [-0.05, 0) is 75.7 Å². The molecule has 1 aromatic carbocycles. The van der Waals surface area contributed by atoms with Crippen LogP contribution in [0.1, 0.15) is 78.3 Å². The molecule has 0 aromatic heterocycles. The molecule has 0 radical (unpaired) electrons. The summed E-state index contributed by atoms with van der Waals surface area (Å²) in [5.74, 6) is 0.427. The number of alkyl carbamates (subject to hydrolysis) is 1. The predicted octanol–water partition coefficient (Wildman–Crippen LogP) is 4.62. The van der Waals surface area contributed by atoms with Gasteiger partial charge in [0, 0.05) is 12.6 Å². The van der Waals surface area contributed by atoms with Crippen LogP contribution in [0.4, 0.5) is 4.79 Å². The van der Waals surface area contributed by atoms with E-state index in [-0.39, 0.29) is 29.5 Å². The van der Waals surface area contributed by atoms with Crippen LogP contribution in [0, 0.1) is 5.92 Å². The third-order valence-corrected chi connectivity index (χ3v) is 6.74. The topological polar surface area (TPSA) is 108 Å². The zero-order chi connectivity index (χ0) is 26.9. The Bertz CT molecular complexity index is 871. The van der Waals surface area contributed by atoms with Gasteiger partial charge in [-0.1, -0.05) is 38.8 Å². The molecule has 1 saturated carbocycles. The van der Waals surface area contributed by atoms with E-state index in [1.807, 2.05) is 6.26 Å². The molecule has 0 bridgehead atoms. The van der Waals surface area contributed by atoms with E-state index in [1.54, 1.807) is 49.6 Å². The lowest BCUT2D eigenvalue weighted by Gasteiger charge is -2.35. The van der Waals surface area contributed by atoms with Crippen molar-refractivity contribution in [2.24, 2.45) is 5.92 Å². The Hall–Kier alpha value is -2.42. The van der Waals surface area contributed by atoms with Gasteiger partial charge in [-0.25, -0.2) is 4.79 Å². The third-order valence-electron chi connectivity index (χ3n) is 6.09. The van der Waals surface area contributed by atoms with Crippen LogP contribution in [0.5, 0.6) is 5.75 Å². The van der Waals surface area contributed by atoms with Crippen molar-refractivity contribution in [3.05, 3.63) is 29.8 Å². The van der Waals surface area contributed by atoms with Crippen LogP contribution in [-0.4, -0.2) is 64.2 Å². The molecule has 3 amide bonds. The number of nitrogens with one attached hydrogen (secondary N) is 2. The molecule has 9 heteroatoms. The fraction of sp³-hybridized carbons (Fsp3) is 0.667. The van der Waals surface area contributed by atoms with Gasteiger partial charge >= 0.3 is 6.09 Å². The summed E-state index contributed by atoms with van der Waals surface area (Å²) in [6.07, 6.45) is 5.38. The van der Waals surface area contributed by atoms with Crippen LogP contribution in [0.25, 0.3) is 0 Å². The quantitative estimate of drug-likeness (QED) is 0.327. The van der Waals surface area contributed by atoms with E-state index in [2.05, 4.69) is 24.5 Å². The van der Waals surface area contributed by atoms with Crippen LogP contribution in [0.15, 0.2) is 24.3 Å². The van der Waals surface area contributed by atoms with Crippen LogP contribution in [-0.2, 0) is 14.3 Å². The molecule has 1 aliphatic rings. The second kappa shape index (κ2) is 13.8. The van der Waals surface area contributed by atoms with E-state index in [9.17, 15) is 19.5 Å². The minimum Gasteiger partial charge on any atom is -0.508 e. The average molecular weight is 522 g/mol. The minimum atomic E-state index is -0.869. The van der Waals surface area contributed by atoms with Crippen molar-refractivity contribution in [3.8, 4) is 5.75 Å². The van der Waals surface area contributed by atoms with Crippen molar-refractivity contribution in [1.29, 1.82) is 0 Å². The Morgan fingerprint density at radius 1 is 1.19 bits per heavy atom. The maximum absolute atomic E-state index is 14.1. The molecule has 4 atom stereocenters. The van der Waals surface area contributed by atoms with Gasteiger partial charge in [0.05, 0.1) is 0 Å². The van der Waals surface area contributed by atoms with Crippen molar-refractivity contribution in [2.75, 3.05) is 18.6 Å². The maximum atomic E-state index is 14.1. The van der Waals surface area contributed by atoms with Gasteiger partial charge in [0.2, 0.25) is 11.8 Å². The zero-order valence-corrected chi connectivity index (χ0v) is 23.3. The van der Waals surface area contributed by atoms with Gasteiger partial charge in [-0.3, -0.25) is 9.59 Å². The predicted molar refractivity (Wildman–Crippen MR) is 144 cm³/mol. The Morgan fingerprint density at radius 3 is 2.36 bits per heavy atom. The molecule has 36 heavy (non-hydrogen) atoms. The molecule has 8 nitrogen and oxygen atoms in total. The summed E-state index contributed by atoms with van der Waals surface area (Å²) in [5, 5.41) is 15.6. The fourth-order valence-corrected chi connectivity index (χ4v) is 4.54. The first-order chi connectivity index (χ1) is 17.0. The summed E-state index contributed by atoms with van der Waals surface area (Å²) >= 11 is 1.58. The van der Waals surface area contributed by atoms with Gasteiger partial charge in [0.1, 0.15) is 23.4 Å². The number of aromatic hydroxyl groups is 1. The Labute approximate surface area is 219 Å². The summed E-state index contributed by atoms with van der Waals surface area (Å²) < 4.78 is 5.42. The molecule has 1 aliphatic carbocycles. The molecule has 0 aliphatic heterocycles. The van der Waals surface area contributed by atoms with Crippen molar-refractivity contribution >= 4 is 29.7 Å². The van der Waals surface area contributed by atoms with Crippen LogP contribution in [0.3, 0.4) is 0 Å². The average Bonchev–Trinajstić information content (AvgIpc) is 3.52. The second-order valence-corrected chi connectivity index (χ2v) is 11.5. The van der Waals surface area contributed by atoms with Crippen LogP contribution in [0.2, 0.25) is 0 Å². The van der Waals surface area contributed by atoms with E-state index in [0.29, 0.717) is 24.3 Å². The molecule has 3 N–H and O–H groups in total. The number of nitrogens with zero attached hydrogens (tertiary/aromatic N) is 1. The van der Waals surface area contributed by atoms with E-state index < -0.39 is 23.8 Å². The van der Waals surface area contributed by atoms with E-state index in [0.717, 1.165) is 25.7 Å². The SMILES string of the molecule is CCCCCNC(=O)C(c1ccc(O)cc1)N(C(=O)C(CCSC)NC(=O)OC(C)(C)C)C1CC1C. The fourth-order valence-electron chi connectivity index (χ4n) is 4.07. The number of hydrogen-bond donors (Lipinski definition) is 3. The maximum Gasteiger partial charge on any atom is 0.408 e. The summed E-state index contributed by atoms with van der Waals surface area (Å²) in [6.45, 7) is 9.99. The van der Waals surface area contributed by atoms with Crippen LogP contribution < -0.4 is 10.6 Å².